The van der Waals surface area contributed by atoms with Gasteiger partial charge in [-0.1, -0.05) is 0 Å². The molecule has 0 saturated heterocycles. The zero-order valence-corrected chi connectivity index (χ0v) is 6.00. The Morgan fingerprint density at radius 1 is 1.67 bits per heavy atom. The highest BCUT2D eigenvalue weighted by Crippen LogP contribution is 2.40. The van der Waals surface area contributed by atoms with E-state index >= 15 is 0 Å². The fourth-order valence-corrected chi connectivity index (χ4v) is 1.79. The van der Waals surface area contributed by atoms with E-state index in [1.54, 1.807) is 11.8 Å². The van der Waals surface area contributed by atoms with Crippen molar-refractivity contribution in [1.82, 2.24) is 5.32 Å². The van der Waals surface area contributed by atoms with E-state index in [9.17, 15) is 0 Å². The molecule has 1 heterocycles. The van der Waals surface area contributed by atoms with Crippen molar-refractivity contribution in [1.29, 1.82) is 0 Å². The first-order valence-electron chi connectivity index (χ1n) is 3.16. The van der Waals surface area contributed by atoms with Crippen LogP contribution in [0.25, 0.3) is 0 Å². The summed E-state index contributed by atoms with van der Waals surface area (Å²) in [6.45, 7) is 0. The molecule has 1 aliphatic carbocycles. The monoisotopic (exact) mass is 142 g/mol. The Morgan fingerprint density at radius 2 is 2.44 bits per heavy atom. The minimum atomic E-state index is 0.0590. The Hall–Kier alpha value is -0.150. The molecule has 0 unspecified atom stereocenters. The van der Waals surface area contributed by atoms with Gasteiger partial charge in [-0.25, -0.2) is 0 Å². The Bertz CT molecular complexity index is 160. The Morgan fingerprint density at radius 3 is 2.89 bits per heavy atom. The summed E-state index contributed by atoms with van der Waals surface area (Å²) in [5.74, 6) is 1.01. The second kappa shape index (κ2) is 1.67. The van der Waals surface area contributed by atoms with Gasteiger partial charge in [-0.05, 0) is 18.2 Å². The van der Waals surface area contributed by atoms with Crippen LogP contribution in [-0.4, -0.2) is 11.4 Å². The van der Waals surface area contributed by atoms with E-state index in [1.165, 1.54) is 5.70 Å². The van der Waals surface area contributed by atoms with E-state index in [1.807, 2.05) is 0 Å². The van der Waals surface area contributed by atoms with Crippen molar-refractivity contribution in [2.45, 2.75) is 18.4 Å². The number of thioether (sulfide) groups is 1. The molecule has 0 atom stereocenters. The molecule has 3 heteroatoms. The quantitative estimate of drug-likeness (QED) is 0.563. The average molecular weight is 142 g/mol. The second-order valence-electron chi connectivity index (χ2n) is 2.68. The van der Waals surface area contributed by atoms with Gasteiger partial charge in [0.05, 0.1) is 11.4 Å². The minimum Gasteiger partial charge on any atom is -0.377 e. The zero-order chi connectivity index (χ0) is 6.32. The lowest BCUT2D eigenvalue weighted by Crippen LogP contribution is -2.30. The molecule has 0 aromatic rings. The predicted molar refractivity (Wildman–Crippen MR) is 39.8 cm³/mol. The van der Waals surface area contributed by atoms with Gasteiger partial charge in [0.15, 0.2) is 0 Å². The van der Waals surface area contributed by atoms with Crippen molar-refractivity contribution in [2.24, 2.45) is 5.73 Å². The van der Waals surface area contributed by atoms with Gasteiger partial charge >= 0.3 is 0 Å². The third-order valence-electron chi connectivity index (χ3n) is 1.87. The molecule has 50 valence electrons. The maximum Gasteiger partial charge on any atom is 0.0649 e. The average Bonchev–Trinajstić information content (AvgIpc) is 2.46. The molecule has 1 saturated carbocycles. The van der Waals surface area contributed by atoms with Crippen LogP contribution in [0.1, 0.15) is 12.8 Å². The normalized spacial score (nSPS) is 29.2. The van der Waals surface area contributed by atoms with Gasteiger partial charge in [0.25, 0.3) is 0 Å². The third kappa shape index (κ3) is 0.843. The molecule has 2 rings (SSSR count). The molecule has 9 heavy (non-hydrogen) atoms. The Labute approximate surface area is 58.9 Å². The van der Waals surface area contributed by atoms with Crippen molar-refractivity contribution in [3.05, 3.63) is 11.1 Å². The first-order chi connectivity index (χ1) is 4.31. The van der Waals surface area contributed by atoms with Crippen molar-refractivity contribution in [3.8, 4) is 0 Å². The fraction of sp³-hybridized carbons (Fsp3) is 0.667. The summed E-state index contributed by atoms with van der Waals surface area (Å²) in [7, 11) is 0. The largest absolute Gasteiger partial charge is 0.377 e. The standard InChI is InChI=1S/C6H10N2S/c7-6(1-2-6)5-3-9-4-8-5/h3,8H,1-2,4,7H2. The van der Waals surface area contributed by atoms with E-state index in [-0.39, 0.29) is 5.54 Å². The highest BCUT2D eigenvalue weighted by molar-refractivity contribution is 8.02. The Kier molecular flexibility index (Phi) is 1.04. The van der Waals surface area contributed by atoms with Crippen LogP contribution < -0.4 is 11.1 Å². The van der Waals surface area contributed by atoms with Gasteiger partial charge in [-0.3, -0.25) is 0 Å². The van der Waals surface area contributed by atoms with Crippen LogP contribution >= 0.6 is 11.8 Å². The second-order valence-corrected chi connectivity index (χ2v) is 3.53. The lowest BCUT2D eigenvalue weighted by Gasteiger charge is -2.09. The first kappa shape index (κ1) is 5.62. The van der Waals surface area contributed by atoms with Crippen molar-refractivity contribution in [2.75, 3.05) is 5.88 Å². The summed E-state index contributed by atoms with van der Waals surface area (Å²) in [6, 6.07) is 0. The van der Waals surface area contributed by atoms with Crippen LogP contribution in [0.15, 0.2) is 11.1 Å². The zero-order valence-electron chi connectivity index (χ0n) is 5.18. The first-order valence-corrected chi connectivity index (χ1v) is 4.21. The maximum absolute atomic E-state index is 5.91. The molecule has 0 aromatic carbocycles. The van der Waals surface area contributed by atoms with Gasteiger partial charge < -0.3 is 11.1 Å². The van der Waals surface area contributed by atoms with Gasteiger partial charge in [-0.15, -0.1) is 11.8 Å². The summed E-state index contributed by atoms with van der Waals surface area (Å²) in [5.41, 5.74) is 7.22. The van der Waals surface area contributed by atoms with Crippen molar-refractivity contribution in [3.63, 3.8) is 0 Å². The van der Waals surface area contributed by atoms with E-state index < -0.39 is 0 Å². The van der Waals surface area contributed by atoms with Gasteiger partial charge in [0.1, 0.15) is 0 Å². The lowest BCUT2D eigenvalue weighted by atomic mass is 10.2. The van der Waals surface area contributed by atoms with Gasteiger partial charge in [0.2, 0.25) is 0 Å². The molecular weight excluding hydrogens is 132 g/mol. The number of nitrogens with two attached hydrogens (primary N) is 1. The smallest absolute Gasteiger partial charge is 0.0649 e. The van der Waals surface area contributed by atoms with E-state index in [0.717, 1.165) is 18.7 Å². The molecule has 1 aliphatic heterocycles. The molecule has 3 N–H and O–H groups in total. The Balaban J connectivity index is 2.12. The van der Waals surface area contributed by atoms with E-state index in [0.29, 0.717) is 0 Å². The number of nitrogens with one attached hydrogen (secondary N) is 1. The van der Waals surface area contributed by atoms with Gasteiger partial charge in [-0.2, -0.15) is 0 Å². The van der Waals surface area contributed by atoms with Crippen molar-refractivity contribution >= 4 is 11.8 Å². The molecule has 0 bridgehead atoms. The summed E-state index contributed by atoms with van der Waals surface area (Å²) in [6.07, 6.45) is 2.32. The number of hydrogen-bond acceptors (Lipinski definition) is 3. The van der Waals surface area contributed by atoms with Crippen LogP contribution in [0.2, 0.25) is 0 Å². The summed E-state index contributed by atoms with van der Waals surface area (Å²) < 4.78 is 0. The van der Waals surface area contributed by atoms with Crippen LogP contribution in [-0.2, 0) is 0 Å². The molecule has 0 aromatic heterocycles. The highest BCUT2D eigenvalue weighted by Gasteiger charge is 2.42. The van der Waals surface area contributed by atoms with Crippen LogP contribution in [0, 0.1) is 0 Å². The summed E-state index contributed by atoms with van der Waals surface area (Å²) in [5, 5.41) is 5.40. The predicted octanol–water partition coefficient (Wildman–Crippen LogP) is 0.613. The van der Waals surface area contributed by atoms with Gasteiger partial charge in [0, 0.05) is 5.70 Å². The minimum absolute atomic E-state index is 0.0590. The van der Waals surface area contributed by atoms with Crippen LogP contribution in [0.4, 0.5) is 0 Å². The molecule has 2 aliphatic rings. The number of rotatable bonds is 1. The highest BCUT2D eigenvalue weighted by atomic mass is 32.2. The maximum atomic E-state index is 5.91. The number of hydrogen-bond donors (Lipinski definition) is 2. The lowest BCUT2D eigenvalue weighted by molar-refractivity contribution is 0.722. The molecule has 0 spiro atoms. The van der Waals surface area contributed by atoms with E-state index in [2.05, 4.69) is 10.7 Å². The summed E-state index contributed by atoms with van der Waals surface area (Å²) in [4.78, 5) is 0. The summed E-state index contributed by atoms with van der Waals surface area (Å²) >= 11 is 1.80. The molecular formula is C6H10N2S. The van der Waals surface area contributed by atoms with Crippen LogP contribution in [0.3, 0.4) is 0 Å². The molecule has 2 nitrogen and oxygen atoms in total. The molecule has 1 fully saturated rings. The topological polar surface area (TPSA) is 38.0 Å². The SMILES string of the molecule is NC1(C2=CSCN2)CC1. The molecule has 0 amide bonds. The van der Waals surface area contributed by atoms with Crippen molar-refractivity contribution < 1.29 is 0 Å². The fourth-order valence-electron chi connectivity index (χ4n) is 0.983. The van der Waals surface area contributed by atoms with Crippen LogP contribution in [0.5, 0.6) is 0 Å². The van der Waals surface area contributed by atoms with E-state index in [4.69, 9.17) is 5.73 Å². The molecule has 0 radical (unpaired) electrons. The third-order valence-corrected chi connectivity index (χ3v) is 2.59.